The first-order valence-electron chi connectivity index (χ1n) is 5.49. The van der Waals surface area contributed by atoms with E-state index in [1.165, 1.54) is 6.07 Å². The zero-order chi connectivity index (χ0) is 13.1. The van der Waals surface area contributed by atoms with Crippen LogP contribution in [0, 0.1) is 12.7 Å². The largest absolute Gasteiger partial charge is 0.398 e. The van der Waals surface area contributed by atoms with Crippen LogP contribution >= 0.6 is 27.7 Å². The maximum atomic E-state index is 13.0. The lowest BCUT2D eigenvalue weighted by atomic mass is 10.1. The number of thioether (sulfide) groups is 1. The second-order valence-electron chi connectivity index (χ2n) is 4.04. The van der Waals surface area contributed by atoms with Crippen LogP contribution in [0.1, 0.15) is 11.1 Å². The molecule has 0 amide bonds. The Balaban J connectivity index is 2.11. The Morgan fingerprint density at radius 2 is 2.00 bits per heavy atom. The highest BCUT2D eigenvalue weighted by Crippen LogP contribution is 2.31. The second kappa shape index (κ2) is 5.76. The van der Waals surface area contributed by atoms with Crippen molar-refractivity contribution in [2.24, 2.45) is 0 Å². The van der Waals surface area contributed by atoms with Crippen molar-refractivity contribution in [1.29, 1.82) is 0 Å². The number of benzene rings is 2. The van der Waals surface area contributed by atoms with Crippen molar-refractivity contribution in [3.8, 4) is 0 Å². The van der Waals surface area contributed by atoms with Gasteiger partial charge in [-0.05, 0) is 48.4 Å². The smallest absolute Gasteiger partial charge is 0.123 e. The Labute approximate surface area is 119 Å². The minimum absolute atomic E-state index is 0.190. The summed E-state index contributed by atoms with van der Waals surface area (Å²) in [4.78, 5) is 1.04. The quantitative estimate of drug-likeness (QED) is 0.649. The molecule has 0 fully saturated rings. The Morgan fingerprint density at radius 1 is 1.22 bits per heavy atom. The zero-order valence-electron chi connectivity index (χ0n) is 9.91. The van der Waals surface area contributed by atoms with Crippen LogP contribution in [0.25, 0.3) is 0 Å². The Bertz CT molecular complexity index is 520. The third-order valence-corrected chi connectivity index (χ3v) is 4.29. The van der Waals surface area contributed by atoms with Gasteiger partial charge in [0.05, 0.1) is 0 Å². The number of anilines is 1. The lowest BCUT2D eigenvalue weighted by Crippen LogP contribution is -1.91. The molecule has 0 radical (unpaired) electrons. The van der Waals surface area contributed by atoms with Crippen molar-refractivity contribution in [3.63, 3.8) is 0 Å². The molecule has 0 aliphatic rings. The molecule has 0 aliphatic heterocycles. The Kier molecular flexibility index (Phi) is 4.30. The lowest BCUT2D eigenvalue weighted by Gasteiger charge is -2.08. The van der Waals surface area contributed by atoms with Gasteiger partial charge in [-0.2, -0.15) is 0 Å². The van der Waals surface area contributed by atoms with Gasteiger partial charge in [0.1, 0.15) is 5.82 Å². The fraction of sp³-hybridized carbons (Fsp3) is 0.143. The molecular formula is C14H13BrFNS. The van der Waals surface area contributed by atoms with Gasteiger partial charge in [0.25, 0.3) is 0 Å². The number of hydrogen-bond donors (Lipinski definition) is 1. The minimum atomic E-state index is -0.190. The first-order valence-corrected chi connectivity index (χ1v) is 7.27. The van der Waals surface area contributed by atoms with Gasteiger partial charge in [-0.15, -0.1) is 11.8 Å². The van der Waals surface area contributed by atoms with Crippen molar-refractivity contribution < 1.29 is 4.39 Å². The molecule has 0 bridgehead atoms. The van der Waals surface area contributed by atoms with Gasteiger partial charge in [0.2, 0.25) is 0 Å². The van der Waals surface area contributed by atoms with Crippen molar-refractivity contribution in [3.05, 3.63) is 57.8 Å². The van der Waals surface area contributed by atoms with Gasteiger partial charge >= 0.3 is 0 Å². The molecule has 0 heterocycles. The van der Waals surface area contributed by atoms with Crippen LogP contribution < -0.4 is 5.73 Å². The fourth-order valence-corrected chi connectivity index (χ4v) is 3.03. The second-order valence-corrected chi connectivity index (χ2v) is 5.97. The highest BCUT2D eigenvalue weighted by molar-refractivity contribution is 9.10. The predicted octanol–water partition coefficient (Wildman–Crippen LogP) is 4.77. The number of hydrogen-bond acceptors (Lipinski definition) is 2. The summed E-state index contributed by atoms with van der Waals surface area (Å²) in [6.07, 6.45) is 0. The first-order chi connectivity index (χ1) is 8.56. The molecule has 0 saturated carbocycles. The topological polar surface area (TPSA) is 26.0 Å². The third-order valence-electron chi connectivity index (χ3n) is 2.66. The van der Waals surface area contributed by atoms with Crippen LogP contribution in [0.2, 0.25) is 0 Å². The molecule has 2 rings (SSSR count). The van der Waals surface area contributed by atoms with E-state index in [9.17, 15) is 4.39 Å². The molecule has 0 spiro atoms. The van der Waals surface area contributed by atoms with Crippen molar-refractivity contribution in [1.82, 2.24) is 0 Å². The van der Waals surface area contributed by atoms with Crippen LogP contribution in [-0.4, -0.2) is 0 Å². The van der Waals surface area contributed by atoms with Crippen LogP contribution in [0.4, 0.5) is 10.1 Å². The Hall–Kier alpha value is -1.00. The van der Waals surface area contributed by atoms with E-state index in [1.54, 1.807) is 17.8 Å². The summed E-state index contributed by atoms with van der Waals surface area (Å²) in [7, 11) is 0. The summed E-state index contributed by atoms with van der Waals surface area (Å²) in [6.45, 7) is 1.92. The summed E-state index contributed by atoms with van der Waals surface area (Å²) in [6, 6.07) is 10.7. The van der Waals surface area contributed by atoms with Gasteiger partial charge in [-0.25, -0.2) is 4.39 Å². The van der Waals surface area contributed by atoms with E-state index >= 15 is 0 Å². The molecule has 0 unspecified atom stereocenters. The highest BCUT2D eigenvalue weighted by Gasteiger charge is 2.04. The molecule has 0 aliphatic carbocycles. The van der Waals surface area contributed by atoms with E-state index in [2.05, 4.69) is 15.9 Å². The van der Waals surface area contributed by atoms with Gasteiger partial charge in [-0.1, -0.05) is 22.0 Å². The van der Waals surface area contributed by atoms with Crippen molar-refractivity contribution in [2.75, 3.05) is 5.73 Å². The van der Waals surface area contributed by atoms with Crippen LogP contribution in [0.15, 0.2) is 45.8 Å². The first kappa shape index (κ1) is 13.4. The summed E-state index contributed by atoms with van der Waals surface area (Å²) < 4.78 is 14.0. The summed E-state index contributed by atoms with van der Waals surface area (Å²) in [5.41, 5.74) is 8.79. The molecule has 2 aromatic rings. The molecule has 2 aromatic carbocycles. The fourth-order valence-electron chi connectivity index (χ4n) is 1.63. The van der Waals surface area contributed by atoms with Crippen molar-refractivity contribution >= 4 is 33.4 Å². The molecule has 94 valence electrons. The molecule has 0 saturated heterocycles. The average molecular weight is 326 g/mol. The number of aryl methyl sites for hydroxylation is 1. The third kappa shape index (κ3) is 3.27. The number of nitrogens with two attached hydrogens (primary N) is 1. The number of nitrogen functional groups attached to an aromatic ring is 1. The minimum Gasteiger partial charge on any atom is -0.398 e. The van der Waals surface area contributed by atoms with Gasteiger partial charge < -0.3 is 5.73 Å². The molecular weight excluding hydrogens is 313 g/mol. The van der Waals surface area contributed by atoms with Crippen LogP contribution in [0.3, 0.4) is 0 Å². The predicted molar refractivity (Wildman–Crippen MR) is 79.3 cm³/mol. The Morgan fingerprint density at radius 3 is 2.67 bits per heavy atom. The van der Waals surface area contributed by atoms with E-state index in [0.717, 1.165) is 31.9 Å². The van der Waals surface area contributed by atoms with Gasteiger partial charge in [0, 0.05) is 20.8 Å². The van der Waals surface area contributed by atoms with E-state index in [-0.39, 0.29) is 5.82 Å². The van der Waals surface area contributed by atoms with Gasteiger partial charge in [-0.3, -0.25) is 0 Å². The van der Waals surface area contributed by atoms with E-state index in [1.807, 2.05) is 31.2 Å². The maximum Gasteiger partial charge on any atom is 0.123 e. The summed E-state index contributed by atoms with van der Waals surface area (Å²) in [5.74, 6) is 0.599. The van der Waals surface area contributed by atoms with E-state index in [4.69, 9.17) is 5.73 Å². The van der Waals surface area contributed by atoms with Gasteiger partial charge in [0.15, 0.2) is 0 Å². The summed E-state index contributed by atoms with van der Waals surface area (Å²) >= 11 is 5.04. The highest BCUT2D eigenvalue weighted by atomic mass is 79.9. The van der Waals surface area contributed by atoms with E-state index in [0.29, 0.717) is 0 Å². The number of rotatable bonds is 3. The SMILES string of the molecule is Cc1cc(F)ccc1CSc1ccc(Br)cc1N. The molecule has 18 heavy (non-hydrogen) atoms. The van der Waals surface area contributed by atoms with Crippen molar-refractivity contribution in [2.45, 2.75) is 17.6 Å². The van der Waals surface area contributed by atoms with Crippen LogP contribution in [0.5, 0.6) is 0 Å². The number of halogens is 2. The molecule has 0 aromatic heterocycles. The molecule has 0 atom stereocenters. The summed E-state index contributed by atoms with van der Waals surface area (Å²) in [5, 5.41) is 0. The van der Waals surface area contributed by atoms with E-state index < -0.39 is 0 Å². The van der Waals surface area contributed by atoms with Crippen LogP contribution in [-0.2, 0) is 5.75 Å². The normalized spacial score (nSPS) is 10.6. The average Bonchev–Trinajstić information content (AvgIpc) is 2.30. The molecule has 2 N–H and O–H groups in total. The standard InChI is InChI=1S/C14H13BrFNS/c1-9-6-12(16)4-2-10(9)8-18-14-5-3-11(15)7-13(14)17/h2-7H,8,17H2,1H3. The maximum absolute atomic E-state index is 13.0. The molecule has 1 nitrogen and oxygen atoms in total. The molecule has 4 heteroatoms. The lowest BCUT2D eigenvalue weighted by molar-refractivity contribution is 0.626. The monoisotopic (exact) mass is 325 g/mol. The zero-order valence-corrected chi connectivity index (χ0v) is 12.3.